The second-order valence-electron chi connectivity index (χ2n) is 8.32. The molecule has 1 atom stereocenters. The minimum atomic E-state index is -0.219. The van der Waals surface area contributed by atoms with Crippen molar-refractivity contribution in [3.8, 4) is 6.07 Å². The van der Waals surface area contributed by atoms with Crippen LogP contribution in [0.4, 0.5) is 16.4 Å². The number of carbonyl (C=O) groups is 3. The van der Waals surface area contributed by atoms with Gasteiger partial charge in [-0.25, -0.2) is 14.8 Å². The molecule has 4 amide bonds. The summed E-state index contributed by atoms with van der Waals surface area (Å²) in [6.45, 7) is 4.78. The highest BCUT2D eigenvalue weighted by atomic mass is 16.2. The molecule has 1 unspecified atom stereocenters. The van der Waals surface area contributed by atoms with Gasteiger partial charge in [-0.3, -0.25) is 9.59 Å². The number of amides is 4. The van der Waals surface area contributed by atoms with E-state index >= 15 is 0 Å². The van der Waals surface area contributed by atoms with E-state index in [1.165, 1.54) is 0 Å². The first-order valence-electron chi connectivity index (χ1n) is 11.6. The van der Waals surface area contributed by atoms with Crippen molar-refractivity contribution < 1.29 is 14.4 Å². The molecule has 11 nitrogen and oxygen atoms in total. The molecular formula is C24H30N8O3. The molecule has 11 heteroatoms. The number of anilines is 2. The molecule has 2 heterocycles. The maximum atomic E-state index is 12.6. The number of hydrogen-bond donors (Lipinski definition) is 3. The van der Waals surface area contributed by atoms with Gasteiger partial charge in [0.1, 0.15) is 6.54 Å². The summed E-state index contributed by atoms with van der Waals surface area (Å²) < 4.78 is 0. The zero-order valence-corrected chi connectivity index (χ0v) is 19.7. The van der Waals surface area contributed by atoms with Crippen LogP contribution >= 0.6 is 0 Å². The van der Waals surface area contributed by atoms with Crippen molar-refractivity contribution in [2.45, 2.75) is 19.8 Å². The van der Waals surface area contributed by atoms with E-state index in [4.69, 9.17) is 5.26 Å². The Balaban J connectivity index is 1.38. The zero-order valence-electron chi connectivity index (χ0n) is 19.7. The van der Waals surface area contributed by atoms with Gasteiger partial charge in [0.25, 0.3) is 5.91 Å². The molecule has 184 valence electrons. The Hall–Kier alpha value is -4.20. The first-order valence-corrected chi connectivity index (χ1v) is 11.6. The minimum absolute atomic E-state index is 0.000931. The van der Waals surface area contributed by atoms with Gasteiger partial charge in [0.15, 0.2) is 0 Å². The number of benzene rings is 1. The van der Waals surface area contributed by atoms with E-state index in [9.17, 15) is 14.4 Å². The van der Waals surface area contributed by atoms with Crippen molar-refractivity contribution in [2.75, 3.05) is 49.5 Å². The van der Waals surface area contributed by atoms with Crippen LogP contribution in [0.2, 0.25) is 0 Å². The smallest absolute Gasteiger partial charge is 0.321 e. The normalized spacial score (nSPS) is 13.9. The van der Waals surface area contributed by atoms with E-state index in [0.717, 1.165) is 0 Å². The Labute approximate surface area is 204 Å². The average Bonchev–Trinajstić information content (AvgIpc) is 2.88. The van der Waals surface area contributed by atoms with Gasteiger partial charge < -0.3 is 25.8 Å². The number of carbonyl (C=O) groups excluding carboxylic acids is 3. The maximum absolute atomic E-state index is 12.6. The van der Waals surface area contributed by atoms with Gasteiger partial charge in [-0.15, -0.1) is 0 Å². The Morgan fingerprint density at radius 2 is 1.74 bits per heavy atom. The molecule has 35 heavy (non-hydrogen) atoms. The number of nitrogens with zero attached hydrogens (tertiary/aromatic N) is 5. The standard InChI is InChI=1S/C24H30N8O3/c1-18(17-21(33)26-12-8-25)7-11-27-22(34)19-3-5-20(6-4-19)30-24(35)32-15-13-31(14-16-32)23-28-9-2-10-29-23/h2-6,9-10,18H,7,11-17H2,1H3,(H,26,33)(H,27,34)(H,30,35). The van der Waals surface area contributed by atoms with Crippen LogP contribution in [0.15, 0.2) is 42.7 Å². The van der Waals surface area contributed by atoms with Crippen LogP contribution in [0.3, 0.4) is 0 Å². The van der Waals surface area contributed by atoms with Crippen molar-refractivity contribution in [2.24, 2.45) is 5.92 Å². The van der Waals surface area contributed by atoms with Crippen LogP contribution < -0.4 is 20.9 Å². The van der Waals surface area contributed by atoms with Crippen LogP contribution in [-0.2, 0) is 4.79 Å². The predicted molar refractivity (Wildman–Crippen MR) is 131 cm³/mol. The molecule has 3 N–H and O–H groups in total. The number of rotatable bonds is 9. The lowest BCUT2D eigenvalue weighted by molar-refractivity contribution is -0.121. The molecule has 1 aromatic heterocycles. The van der Waals surface area contributed by atoms with E-state index < -0.39 is 0 Å². The molecule has 1 fully saturated rings. The first-order chi connectivity index (χ1) is 17.0. The molecule has 0 saturated carbocycles. The first kappa shape index (κ1) is 25.4. The summed E-state index contributed by atoms with van der Waals surface area (Å²) in [5.74, 6) is 0.351. The minimum Gasteiger partial charge on any atom is -0.352 e. The molecule has 0 spiro atoms. The van der Waals surface area contributed by atoms with Crippen LogP contribution in [0.5, 0.6) is 0 Å². The zero-order chi connectivity index (χ0) is 25.0. The highest BCUT2D eigenvalue weighted by molar-refractivity contribution is 5.95. The lowest BCUT2D eigenvalue weighted by Gasteiger charge is -2.34. The molecule has 3 rings (SSSR count). The van der Waals surface area contributed by atoms with Crippen molar-refractivity contribution in [3.63, 3.8) is 0 Å². The highest BCUT2D eigenvalue weighted by Gasteiger charge is 2.22. The van der Waals surface area contributed by atoms with Gasteiger partial charge in [-0.05, 0) is 42.7 Å². The summed E-state index contributed by atoms with van der Waals surface area (Å²) >= 11 is 0. The second-order valence-corrected chi connectivity index (χ2v) is 8.32. The van der Waals surface area contributed by atoms with E-state index in [1.807, 2.05) is 17.9 Å². The Morgan fingerprint density at radius 1 is 1.06 bits per heavy atom. The summed E-state index contributed by atoms with van der Waals surface area (Å²) in [5.41, 5.74) is 1.09. The van der Waals surface area contributed by atoms with E-state index in [2.05, 4.69) is 25.9 Å². The van der Waals surface area contributed by atoms with Crippen molar-refractivity contribution in [3.05, 3.63) is 48.3 Å². The fourth-order valence-electron chi connectivity index (χ4n) is 3.63. The largest absolute Gasteiger partial charge is 0.352 e. The molecule has 0 radical (unpaired) electrons. The van der Waals surface area contributed by atoms with Crippen LogP contribution in [0, 0.1) is 17.2 Å². The van der Waals surface area contributed by atoms with Gasteiger partial charge in [0.2, 0.25) is 11.9 Å². The summed E-state index contributed by atoms with van der Waals surface area (Å²) in [6, 6.07) is 10.2. The van der Waals surface area contributed by atoms with Gasteiger partial charge in [0, 0.05) is 62.8 Å². The summed E-state index contributed by atoms with van der Waals surface area (Å²) in [4.78, 5) is 48.9. The fourth-order valence-corrected chi connectivity index (χ4v) is 3.63. The van der Waals surface area contributed by atoms with Gasteiger partial charge >= 0.3 is 6.03 Å². The fraction of sp³-hybridized carbons (Fsp3) is 0.417. The number of aromatic nitrogens is 2. The third-order valence-corrected chi connectivity index (χ3v) is 5.62. The van der Waals surface area contributed by atoms with Crippen LogP contribution in [0.25, 0.3) is 0 Å². The van der Waals surface area contributed by atoms with Gasteiger partial charge in [-0.2, -0.15) is 5.26 Å². The molecule has 0 aliphatic carbocycles. The Bertz CT molecular complexity index is 1030. The average molecular weight is 479 g/mol. The van der Waals surface area contributed by atoms with Gasteiger partial charge in [-0.1, -0.05) is 6.92 Å². The molecule has 1 saturated heterocycles. The van der Waals surface area contributed by atoms with Crippen LogP contribution in [0.1, 0.15) is 30.1 Å². The van der Waals surface area contributed by atoms with E-state index in [1.54, 1.807) is 47.6 Å². The van der Waals surface area contributed by atoms with Crippen molar-refractivity contribution >= 4 is 29.5 Å². The van der Waals surface area contributed by atoms with Crippen molar-refractivity contribution in [1.82, 2.24) is 25.5 Å². The number of urea groups is 1. The molecule has 1 aliphatic heterocycles. The number of nitrogens with one attached hydrogen (secondary N) is 3. The highest BCUT2D eigenvalue weighted by Crippen LogP contribution is 2.14. The second kappa shape index (κ2) is 12.9. The molecular weight excluding hydrogens is 448 g/mol. The third-order valence-electron chi connectivity index (χ3n) is 5.62. The SMILES string of the molecule is CC(CCNC(=O)c1ccc(NC(=O)N2CCN(c3ncccn3)CC2)cc1)CC(=O)NCC#N. The predicted octanol–water partition coefficient (Wildman–Crippen LogP) is 1.62. The molecule has 1 aliphatic rings. The maximum Gasteiger partial charge on any atom is 0.321 e. The Morgan fingerprint density at radius 3 is 2.40 bits per heavy atom. The van der Waals surface area contributed by atoms with E-state index in [0.29, 0.717) is 62.8 Å². The topological polar surface area (TPSA) is 143 Å². The summed E-state index contributed by atoms with van der Waals surface area (Å²) in [7, 11) is 0. The Kier molecular flexibility index (Phi) is 9.36. The summed E-state index contributed by atoms with van der Waals surface area (Å²) in [6.07, 6.45) is 4.35. The lowest BCUT2D eigenvalue weighted by atomic mass is 10.0. The molecule has 0 bridgehead atoms. The van der Waals surface area contributed by atoms with E-state index in [-0.39, 0.29) is 30.3 Å². The van der Waals surface area contributed by atoms with Crippen molar-refractivity contribution in [1.29, 1.82) is 5.26 Å². The summed E-state index contributed by atoms with van der Waals surface area (Å²) in [5, 5.41) is 16.7. The molecule has 2 aromatic rings. The number of piperazine rings is 1. The van der Waals surface area contributed by atoms with Gasteiger partial charge in [0.05, 0.1) is 6.07 Å². The number of hydrogen-bond acceptors (Lipinski definition) is 7. The molecule has 1 aromatic carbocycles. The number of nitriles is 1. The lowest BCUT2D eigenvalue weighted by Crippen LogP contribution is -2.50. The third kappa shape index (κ3) is 7.96. The van der Waals surface area contributed by atoms with Crippen LogP contribution in [-0.4, -0.2) is 72.0 Å². The monoisotopic (exact) mass is 478 g/mol. The quantitative estimate of drug-likeness (QED) is 0.465.